The van der Waals surface area contributed by atoms with Crippen LogP contribution < -0.4 is 5.32 Å². The summed E-state index contributed by atoms with van der Waals surface area (Å²) in [7, 11) is 0. The van der Waals surface area contributed by atoms with E-state index in [9.17, 15) is 4.79 Å². The number of benzene rings is 1. The zero-order valence-corrected chi connectivity index (χ0v) is 12.7. The normalized spacial score (nSPS) is 23.2. The number of amides is 2. The van der Waals surface area contributed by atoms with Crippen molar-refractivity contribution in [3.05, 3.63) is 35.4 Å². The van der Waals surface area contributed by atoms with Crippen LogP contribution in [0.2, 0.25) is 0 Å². The Bertz CT molecular complexity index is 525. The predicted octanol–water partition coefficient (Wildman–Crippen LogP) is 2.44. The minimum Gasteiger partial charge on any atom is -0.372 e. The van der Waals surface area contributed by atoms with E-state index in [4.69, 9.17) is 10.00 Å². The minimum absolute atomic E-state index is 0.0599. The number of nitriles is 1. The molecule has 1 aliphatic rings. The summed E-state index contributed by atoms with van der Waals surface area (Å²) >= 11 is 0. The summed E-state index contributed by atoms with van der Waals surface area (Å²) in [5.74, 6) is 0. The van der Waals surface area contributed by atoms with Gasteiger partial charge in [0.25, 0.3) is 0 Å². The summed E-state index contributed by atoms with van der Waals surface area (Å²) in [6, 6.07) is 9.17. The van der Waals surface area contributed by atoms with E-state index in [1.54, 1.807) is 17.0 Å². The molecule has 2 amide bonds. The van der Waals surface area contributed by atoms with Crippen molar-refractivity contribution in [1.29, 1.82) is 5.26 Å². The van der Waals surface area contributed by atoms with Crippen LogP contribution in [0.15, 0.2) is 24.3 Å². The standard InChI is InChI=1S/C16H21N3O2/c1-11-9-19(10-12(2)21-11)16(20)18-13(3)15-6-4-14(8-17)5-7-15/h4-7,11-13H,9-10H2,1-3H3,(H,18,20). The first kappa shape index (κ1) is 15.3. The van der Waals surface area contributed by atoms with Crippen LogP contribution in [0.3, 0.4) is 0 Å². The minimum atomic E-state index is -0.0984. The van der Waals surface area contributed by atoms with E-state index in [1.165, 1.54) is 0 Å². The average Bonchev–Trinajstić information content (AvgIpc) is 2.46. The van der Waals surface area contributed by atoms with Crippen molar-refractivity contribution in [1.82, 2.24) is 10.2 Å². The molecule has 3 atom stereocenters. The van der Waals surface area contributed by atoms with E-state index in [-0.39, 0.29) is 24.3 Å². The summed E-state index contributed by atoms with van der Waals surface area (Å²) in [6.45, 7) is 7.10. The molecule has 0 aliphatic carbocycles. The lowest BCUT2D eigenvalue weighted by molar-refractivity contribution is -0.0547. The van der Waals surface area contributed by atoms with Crippen LogP contribution in [0.5, 0.6) is 0 Å². The van der Waals surface area contributed by atoms with Gasteiger partial charge in [0.15, 0.2) is 0 Å². The SMILES string of the molecule is CC1CN(C(=O)NC(C)c2ccc(C#N)cc2)CC(C)O1. The van der Waals surface area contributed by atoms with Gasteiger partial charge >= 0.3 is 6.03 Å². The van der Waals surface area contributed by atoms with Crippen molar-refractivity contribution >= 4 is 6.03 Å². The summed E-state index contributed by atoms with van der Waals surface area (Å²) in [5, 5.41) is 11.8. The van der Waals surface area contributed by atoms with Crippen LogP contribution >= 0.6 is 0 Å². The summed E-state index contributed by atoms with van der Waals surface area (Å²) < 4.78 is 5.63. The van der Waals surface area contributed by atoms with Gasteiger partial charge in [0.05, 0.1) is 29.9 Å². The molecule has 2 rings (SSSR count). The van der Waals surface area contributed by atoms with Crippen molar-refractivity contribution in [3.63, 3.8) is 0 Å². The molecule has 21 heavy (non-hydrogen) atoms. The van der Waals surface area contributed by atoms with E-state index < -0.39 is 0 Å². The van der Waals surface area contributed by atoms with Gasteiger partial charge in [-0.15, -0.1) is 0 Å². The highest BCUT2D eigenvalue weighted by Crippen LogP contribution is 2.15. The lowest BCUT2D eigenvalue weighted by Crippen LogP contribution is -2.52. The smallest absolute Gasteiger partial charge is 0.318 e. The molecule has 0 radical (unpaired) electrons. The summed E-state index contributed by atoms with van der Waals surface area (Å²) in [4.78, 5) is 14.1. The molecule has 1 heterocycles. The molecule has 1 aromatic carbocycles. The number of nitrogens with zero attached hydrogens (tertiary/aromatic N) is 2. The Morgan fingerprint density at radius 3 is 2.43 bits per heavy atom. The van der Waals surface area contributed by atoms with Gasteiger partial charge in [-0.1, -0.05) is 12.1 Å². The van der Waals surface area contributed by atoms with Crippen LogP contribution in [0.25, 0.3) is 0 Å². The van der Waals surface area contributed by atoms with E-state index in [1.807, 2.05) is 32.9 Å². The van der Waals surface area contributed by atoms with E-state index in [0.29, 0.717) is 18.7 Å². The fraction of sp³-hybridized carbons (Fsp3) is 0.500. The molecule has 1 aliphatic heterocycles. The lowest BCUT2D eigenvalue weighted by Gasteiger charge is -2.35. The third kappa shape index (κ3) is 3.96. The Labute approximate surface area is 125 Å². The van der Waals surface area contributed by atoms with E-state index in [2.05, 4.69) is 11.4 Å². The van der Waals surface area contributed by atoms with Crippen LogP contribution in [0, 0.1) is 11.3 Å². The Morgan fingerprint density at radius 2 is 1.90 bits per heavy atom. The zero-order valence-electron chi connectivity index (χ0n) is 12.7. The van der Waals surface area contributed by atoms with Crippen LogP contribution in [0.1, 0.15) is 37.9 Å². The highest BCUT2D eigenvalue weighted by Gasteiger charge is 2.26. The molecule has 1 fully saturated rings. The molecular weight excluding hydrogens is 266 g/mol. The first-order valence-corrected chi connectivity index (χ1v) is 7.20. The zero-order chi connectivity index (χ0) is 15.4. The number of nitrogens with one attached hydrogen (secondary N) is 1. The largest absolute Gasteiger partial charge is 0.372 e. The van der Waals surface area contributed by atoms with Crippen LogP contribution in [-0.4, -0.2) is 36.2 Å². The number of hydrogen-bond donors (Lipinski definition) is 1. The molecular formula is C16H21N3O2. The number of ether oxygens (including phenoxy) is 1. The van der Waals surface area contributed by atoms with Gasteiger partial charge < -0.3 is 15.0 Å². The lowest BCUT2D eigenvalue weighted by atomic mass is 10.1. The highest BCUT2D eigenvalue weighted by molar-refractivity contribution is 5.74. The van der Waals surface area contributed by atoms with Crippen molar-refractivity contribution in [2.24, 2.45) is 0 Å². The van der Waals surface area contributed by atoms with Crippen molar-refractivity contribution in [2.45, 2.75) is 39.0 Å². The molecule has 1 N–H and O–H groups in total. The maximum Gasteiger partial charge on any atom is 0.318 e. The average molecular weight is 287 g/mol. The van der Waals surface area contributed by atoms with Gasteiger partial charge in [-0.25, -0.2) is 4.79 Å². The predicted molar refractivity (Wildman–Crippen MR) is 79.7 cm³/mol. The fourth-order valence-corrected chi connectivity index (χ4v) is 2.55. The summed E-state index contributed by atoms with van der Waals surface area (Å²) in [5.41, 5.74) is 1.60. The van der Waals surface area contributed by atoms with Gasteiger partial charge in [-0.2, -0.15) is 5.26 Å². The van der Waals surface area contributed by atoms with Gasteiger partial charge in [0.1, 0.15) is 0 Å². The number of urea groups is 1. The first-order chi connectivity index (χ1) is 9.99. The van der Waals surface area contributed by atoms with Crippen LogP contribution in [0.4, 0.5) is 4.79 Å². The van der Waals surface area contributed by atoms with Gasteiger partial charge in [-0.3, -0.25) is 0 Å². The second-order valence-corrected chi connectivity index (χ2v) is 5.57. The van der Waals surface area contributed by atoms with Crippen molar-refractivity contribution in [2.75, 3.05) is 13.1 Å². The van der Waals surface area contributed by atoms with Gasteiger partial charge in [-0.05, 0) is 38.5 Å². The fourth-order valence-electron chi connectivity index (χ4n) is 2.55. The van der Waals surface area contributed by atoms with Crippen LogP contribution in [-0.2, 0) is 4.74 Å². The molecule has 0 spiro atoms. The highest BCUT2D eigenvalue weighted by atomic mass is 16.5. The Morgan fingerprint density at radius 1 is 1.33 bits per heavy atom. The van der Waals surface area contributed by atoms with Crippen molar-refractivity contribution in [3.8, 4) is 6.07 Å². The van der Waals surface area contributed by atoms with Gasteiger partial charge in [0.2, 0.25) is 0 Å². The van der Waals surface area contributed by atoms with Crippen molar-refractivity contribution < 1.29 is 9.53 Å². The number of morpholine rings is 1. The topological polar surface area (TPSA) is 65.4 Å². The third-order valence-electron chi connectivity index (χ3n) is 3.59. The second-order valence-electron chi connectivity index (χ2n) is 5.57. The molecule has 1 aromatic rings. The molecule has 0 saturated carbocycles. The Hall–Kier alpha value is -2.06. The molecule has 5 nitrogen and oxygen atoms in total. The molecule has 1 saturated heterocycles. The number of carbonyl (C=O) groups is 1. The maximum absolute atomic E-state index is 12.3. The van der Waals surface area contributed by atoms with E-state index in [0.717, 1.165) is 5.56 Å². The maximum atomic E-state index is 12.3. The summed E-state index contributed by atoms with van der Waals surface area (Å²) in [6.07, 6.45) is 0.120. The molecule has 0 bridgehead atoms. The number of hydrogen-bond acceptors (Lipinski definition) is 3. The molecule has 0 aromatic heterocycles. The monoisotopic (exact) mass is 287 g/mol. The quantitative estimate of drug-likeness (QED) is 0.908. The Balaban J connectivity index is 1.96. The Kier molecular flexibility index (Phi) is 4.81. The first-order valence-electron chi connectivity index (χ1n) is 7.20. The number of carbonyl (C=O) groups excluding carboxylic acids is 1. The third-order valence-corrected chi connectivity index (χ3v) is 3.59. The second kappa shape index (κ2) is 6.59. The van der Waals surface area contributed by atoms with E-state index >= 15 is 0 Å². The molecule has 3 unspecified atom stereocenters. The van der Waals surface area contributed by atoms with Gasteiger partial charge in [0, 0.05) is 13.1 Å². The molecule has 5 heteroatoms. The number of rotatable bonds is 2. The molecule has 112 valence electrons.